The summed E-state index contributed by atoms with van der Waals surface area (Å²) < 4.78 is 0. The van der Waals surface area contributed by atoms with Crippen LogP contribution in [0.4, 0.5) is 0 Å². The second-order valence-electron chi connectivity index (χ2n) is 7.18. The molecular formula is C19H29N3O2S. The minimum atomic E-state index is -0.0152. The van der Waals surface area contributed by atoms with Gasteiger partial charge in [0.1, 0.15) is 0 Å². The molecule has 3 rings (SSSR count). The van der Waals surface area contributed by atoms with Gasteiger partial charge in [-0.05, 0) is 62.4 Å². The highest BCUT2D eigenvalue weighted by molar-refractivity contribution is 7.09. The molecule has 0 bridgehead atoms. The molecule has 3 heterocycles. The minimum absolute atomic E-state index is 0.0152. The second-order valence-corrected chi connectivity index (χ2v) is 8.21. The smallest absolute Gasteiger partial charge is 0.237 e. The number of carbonyl (C=O) groups is 2. The van der Waals surface area contributed by atoms with Crippen molar-refractivity contribution in [3.8, 4) is 0 Å². The third kappa shape index (κ3) is 5.54. The lowest BCUT2D eigenvalue weighted by atomic mass is 9.97. The monoisotopic (exact) mass is 363 g/mol. The van der Waals surface area contributed by atoms with E-state index in [0.717, 1.165) is 58.2 Å². The molecular weight excluding hydrogens is 334 g/mol. The number of rotatable bonds is 7. The van der Waals surface area contributed by atoms with Crippen molar-refractivity contribution in [3.05, 3.63) is 22.4 Å². The van der Waals surface area contributed by atoms with Crippen LogP contribution in [0.2, 0.25) is 0 Å². The van der Waals surface area contributed by atoms with E-state index in [1.807, 2.05) is 4.90 Å². The van der Waals surface area contributed by atoms with Gasteiger partial charge in [-0.2, -0.15) is 0 Å². The molecule has 25 heavy (non-hydrogen) atoms. The largest absolute Gasteiger partial charge is 0.354 e. The number of carbonyl (C=O) groups excluding carboxylic acids is 2. The van der Waals surface area contributed by atoms with Crippen LogP contribution in [-0.4, -0.2) is 48.9 Å². The van der Waals surface area contributed by atoms with E-state index in [1.54, 1.807) is 11.3 Å². The molecule has 2 atom stereocenters. The van der Waals surface area contributed by atoms with E-state index in [4.69, 9.17) is 0 Å². The van der Waals surface area contributed by atoms with E-state index in [-0.39, 0.29) is 17.9 Å². The third-order valence-electron chi connectivity index (χ3n) is 5.21. The highest BCUT2D eigenvalue weighted by atomic mass is 32.1. The number of piperidine rings is 1. The summed E-state index contributed by atoms with van der Waals surface area (Å²) in [5.41, 5.74) is 0. The Morgan fingerprint density at radius 3 is 3.00 bits per heavy atom. The Bertz CT molecular complexity index is 555. The number of hydrogen-bond donors (Lipinski definition) is 2. The van der Waals surface area contributed by atoms with Gasteiger partial charge in [-0.25, -0.2) is 0 Å². The van der Waals surface area contributed by atoms with Crippen LogP contribution in [0.5, 0.6) is 0 Å². The minimum Gasteiger partial charge on any atom is -0.354 e. The molecule has 0 spiro atoms. The van der Waals surface area contributed by atoms with Gasteiger partial charge in [0.15, 0.2) is 0 Å². The lowest BCUT2D eigenvalue weighted by Gasteiger charge is -2.33. The predicted molar refractivity (Wildman–Crippen MR) is 101 cm³/mol. The van der Waals surface area contributed by atoms with Crippen LogP contribution in [0.3, 0.4) is 0 Å². The summed E-state index contributed by atoms with van der Waals surface area (Å²) in [4.78, 5) is 27.9. The van der Waals surface area contributed by atoms with E-state index in [9.17, 15) is 9.59 Å². The van der Waals surface area contributed by atoms with Gasteiger partial charge in [0, 0.05) is 30.9 Å². The quantitative estimate of drug-likeness (QED) is 0.781. The molecule has 0 radical (unpaired) electrons. The van der Waals surface area contributed by atoms with Crippen molar-refractivity contribution < 1.29 is 9.59 Å². The summed E-state index contributed by atoms with van der Waals surface area (Å²) in [7, 11) is 0. The molecule has 1 aromatic heterocycles. The average Bonchev–Trinajstić information content (AvgIpc) is 3.33. The van der Waals surface area contributed by atoms with E-state index in [0.29, 0.717) is 18.9 Å². The van der Waals surface area contributed by atoms with Crippen LogP contribution < -0.4 is 10.6 Å². The van der Waals surface area contributed by atoms with Crippen molar-refractivity contribution in [3.63, 3.8) is 0 Å². The summed E-state index contributed by atoms with van der Waals surface area (Å²) in [5, 5.41) is 8.39. The van der Waals surface area contributed by atoms with Crippen LogP contribution in [0.1, 0.15) is 43.4 Å². The zero-order valence-electron chi connectivity index (χ0n) is 14.8. The normalized spacial score (nSPS) is 23.6. The summed E-state index contributed by atoms with van der Waals surface area (Å²) in [6.07, 6.45) is 6.69. The Kier molecular flexibility index (Phi) is 6.87. The molecule has 2 unspecified atom stereocenters. The lowest BCUT2D eigenvalue weighted by molar-refractivity contribution is -0.133. The molecule has 2 fully saturated rings. The SMILES string of the molecule is O=C(NCC1CCCN(C(=O)CCCc2cccs2)C1)C1CCCN1. The van der Waals surface area contributed by atoms with Gasteiger partial charge in [-0.1, -0.05) is 6.07 Å². The topological polar surface area (TPSA) is 61.4 Å². The number of thiophene rings is 1. The van der Waals surface area contributed by atoms with Gasteiger partial charge in [0.25, 0.3) is 0 Å². The average molecular weight is 364 g/mol. The first-order chi connectivity index (χ1) is 12.2. The fourth-order valence-corrected chi connectivity index (χ4v) is 4.51. The van der Waals surface area contributed by atoms with E-state index in [2.05, 4.69) is 28.1 Å². The summed E-state index contributed by atoms with van der Waals surface area (Å²) >= 11 is 1.76. The molecule has 2 aliphatic rings. The second kappa shape index (κ2) is 9.34. The van der Waals surface area contributed by atoms with Gasteiger partial charge in [0.05, 0.1) is 6.04 Å². The number of likely N-dealkylation sites (tertiary alicyclic amines) is 1. The first-order valence-corrected chi connectivity index (χ1v) is 10.4. The van der Waals surface area contributed by atoms with Crippen LogP contribution >= 0.6 is 11.3 Å². The lowest BCUT2D eigenvalue weighted by Crippen LogP contribution is -2.46. The van der Waals surface area contributed by atoms with Crippen molar-refractivity contribution in [2.75, 3.05) is 26.2 Å². The number of hydrogen-bond acceptors (Lipinski definition) is 4. The molecule has 2 saturated heterocycles. The van der Waals surface area contributed by atoms with Crippen molar-refractivity contribution in [1.82, 2.24) is 15.5 Å². The number of nitrogens with one attached hydrogen (secondary N) is 2. The zero-order valence-corrected chi connectivity index (χ0v) is 15.7. The van der Waals surface area contributed by atoms with Crippen molar-refractivity contribution in [1.29, 1.82) is 0 Å². The van der Waals surface area contributed by atoms with Crippen LogP contribution in [0, 0.1) is 5.92 Å². The molecule has 0 saturated carbocycles. The number of amides is 2. The molecule has 6 heteroatoms. The standard InChI is InChI=1S/C19H29N3O2S/c23-18(9-1-6-16-7-4-12-25-16)22-11-3-5-15(14-22)13-21-19(24)17-8-2-10-20-17/h4,7,12,15,17,20H,1-3,5-6,8-11,13-14H2,(H,21,24). The summed E-state index contributed by atoms with van der Waals surface area (Å²) in [5.74, 6) is 0.780. The van der Waals surface area contributed by atoms with Crippen molar-refractivity contribution >= 4 is 23.2 Å². The van der Waals surface area contributed by atoms with Crippen LogP contribution in [-0.2, 0) is 16.0 Å². The molecule has 5 nitrogen and oxygen atoms in total. The van der Waals surface area contributed by atoms with E-state index >= 15 is 0 Å². The highest BCUT2D eigenvalue weighted by Gasteiger charge is 2.26. The molecule has 2 N–H and O–H groups in total. The maximum atomic E-state index is 12.5. The molecule has 138 valence electrons. The Morgan fingerprint density at radius 2 is 2.24 bits per heavy atom. The summed E-state index contributed by atoms with van der Waals surface area (Å²) in [6, 6.07) is 4.18. The maximum Gasteiger partial charge on any atom is 0.237 e. The maximum absolute atomic E-state index is 12.5. The van der Waals surface area contributed by atoms with E-state index in [1.165, 1.54) is 4.88 Å². The molecule has 0 aromatic carbocycles. The molecule has 0 aliphatic carbocycles. The van der Waals surface area contributed by atoms with Crippen molar-refractivity contribution in [2.24, 2.45) is 5.92 Å². The van der Waals surface area contributed by atoms with Gasteiger partial charge < -0.3 is 15.5 Å². The molecule has 2 amide bonds. The van der Waals surface area contributed by atoms with E-state index < -0.39 is 0 Å². The Hall–Kier alpha value is -1.40. The van der Waals surface area contributed by atoms with Crippen LogP contribution in [0.25, 0.3) is 0 Å². The zero-order chi connectivity index (χ0) is 17.5. The first kappa shape index (κ1) is 18.4. The predicted octanol–water partition coefficient (Wildman–Crippen LogP) is 2.18. The highest BCUT2D eigenvalue weighted by Crippen LogP contribution is 2.18. The van der Waals surface area contributed by atoms with Crippen LogP contribution in [0.15, 0.2) is 17.5 Å². The third-order valence-corrected chi connectivity index (χ3v) is 6.14. The number of nitrogens with zero attached hydrogens (tertiary/aromatic N) is 1. The summed E-state index contributed by atoms with van der Waals surface area (Å²) in [6.45, 7) is 3.29. The fraction of sp³-hybridized carbons (Fsp3) is 0.684. The number of aryl methyl sites for hydroxylation is 1. The fourth-order valence-electron chi connectivity index (χ4n) is 3.76. The molecule has 1 aromatic rings. The first-order valence-electron chi connectivity index (χ1n) is 9.53. The Balaban J connectivity index is 1.36. The van der Waals surface area contributed by atoms with Gasteiger partial charge in [0.2, 0.25) is 11.8 Å². The Labute approximate surface area is 154 Å². The van der Waals surface area contributed by atoms with Crippen molar-refractivity contribution in [2.45, 2.75) is 51.0 Å². The van der Waals surface area contributed by atoms with Gasteiger partial charge in [-0.15, -0.1) is 11.3 Å². The van der Waals surface area contributed by atoms with Gasteiger partial charge >= 0.3 is 0 Å². The Morgan fingerprint density at radius 1 is 1.32 bits per heavy atom. The van der Waals surface area contributed by atoms with Gasteiger partial charge in [-0.3, -0.25) is 9.59 Å². The molecule has 2 aliphatic heterocycles.